The number of carbonyl (C=O) groups is 1. The van der Waals surface area contributed by atoms with Crippen molar-refractivity contribution < 1.29 is 4.79 Å². The first-order valence-electron chi connectivity index (χ1n) is 8.54. The molecule has 2 aliphatic rings. The average molecular weight is 374 g/mol. The molecule has 136 valence electrons. The summed E-state index contributed by atoms with van der Waals surface area (Å²) in [7, 11) is 0. The number of nitrogen functional groups attached to an aromatic ring is 1. The molecule has 0 bridgehead atoms. The molecular formula is C18H29Cl2N3O. The van der Waals surface area contributed by atoms with E-state index in [2.05, 4.69) is 4.90 Å². The number of amides is 1. The second kappa shape index (κ2) is 9.50. The third-order valence-corrected chi connectivity index (χ3v) is 5.15. The highest BCUT2D eigenvalue weighted by molar-refractivity contribution is 5.96. The molecular weight excluding hydrogens is 345 g/mol. The Kier molecular flexibility index (Phi) is 8.34. The Hall–Kier alpha value is -0.970. The molecule has 1 amide bonds. The number of rotatable bonds is 2. The van der Waals surface area contributed by atoms with Crippen LogP contribution in [-0.2, 0) is 0 Å². The Balaban J connectivity index is 0.00000144. The lowest BCUT2D eigenvalue weighted by Crippen LogP contribution is -2.48. The minimum absolute atomic E-state index is 0. The van der Waals surface area contributed by atoms with Crippen LogP contribution in [0, 0.1) is 6.92 Å². The van der Waals surface area contributed by atoms with Crippen LogP contribution in [0.3, 0.4) is 0 Å². The molecule has 6 heteroatoms. The number of carbonyl (C=O) groups excluding carboxylic acids is 1. The zero-order valence-electron chi connectivity index (χ0n) is 14.4. The second-order valence-corrected chi connectivity index (χ2v) is 6.69. The Morgan fingerprint density at radius 2 is 1.67 bits per heavy atom. The molecule has 0 aromatic heterocycles. The highest BCUT2D eigenvalue weighted by Gasteiger charge is 2.28. The van der Waals surface area contributed by atoms with Crippen molar-refractivity contribution in [2.75, 3.05) is 31.9 Å². The van der Waals surface area contributed by atoms with Crippen LogP contribution in [0.15, 0.2) is 18.2 Å². The highest BCUT2D eigenvalue weighted by atomic mass is 35.5. The third-order valence-electron chi connectivity index (χ3n) is 5.15. The summed E-state index contributed by atoms with van der Waals surface area (Å²) in [6.45, 7) is 6.20. The van der Waals surface area contributed by atoms with Crippen molar-refractivity contribution in [2.45, 2.75) is 45.1 Å². The molecule has 2 heterocycles. The Morgan fingerprint density at radius 3 is 2.29 bits per heavy atom. The highest BCUT2D eigenvalue weighted by Crippen LogP contribution is 2.23. The van der Waals surface area contributed by atoms with Gasteiger partial charge in [0.1, 0.15) is 0 Å². The first-order chi connectivity index (χ1) is 10.6. The number of likely N-dealkylation sites (tertiary alicyclic amines) is 2. The molecule has 0 atom stereocenters. The summed E-state index contributed by atoms with van der Waals surface area (Å²) >= 11 is 0. The van der Waals surface area contributed by atoms with Crippen molar-refractivity contribution in [1.29, 1.82) is 0 Å². The van der Waals surface area contributed by atoms with E-state index in [1.54, 1.807) is 0 Å². The summed E-state index contributed by atoms with van der Waals surface area (Å²) in [6, 6.07) is 6.28. The number of hydrogen-bond donors (Lipinski definition) is 1. The topological polar surface area (TPSA) is 49.6 Å². The number of aryl methyl sites for hydroxylation is 1. The maximum absolute atomic E-state index is 12.7. The van der Waals surface area contributed by atoms with Crippen LogP contribution in [0.4, 0.5) is 5.69 Å². The zero-order valence-corrected chi connectivity index (χ0v) is 16.0. The summed E-state index contributed by atoms with van der Waals surface area (Å²) < 4.78 is 0. The smallest absolute Gasteiger partial charge is 0.254 e. The third kappa shape index (κ3) is 4.78. The van der Waals surface area contributed by atoms with Gasteiger partial charge in [0.15, 0.2) is 0 Å². The molecule has 1 aromatic rings. The molecule has 2 saturated heterocycles. The molecule has 0 spiro atoms. The van der Waals surface area contributed by atoms with Crippen LogP contribution < -0.4 is 5.73 Å². The number of nitrogens with two attached hydrogens (primary N) is 1. The van der Waals surface area contributed by atoms with Gasteiger partial charge in [0.25, 0.3) is 5.91 Å². The number of benzene rings is 1. The van der Waals surface area contributed by atoms with E-state index < -0.39 is 0 Å². The Morgan fingerprint density at radius 1 is 1.04 bits per heavy atom. The van der Waals surface area contributed by atoms with Gasteiger partial charge >= 0.3 is 0 Å². The van der Waals surface area contributed by atoms with Crippen molar-refractivity contribution in [3.05, 3.63) is 29.3 Å². The largest absolute Gasteiger partial charge is 0.399 e. The van der Waals surface area contributed by atoms with E-state index in [9.17, 15) is 4.79 Å². The molecule has 0 aliphatic carbocycles. The van der Waals surface area contributed by atoms with Gasteiger partial charge in [-0.1, -0.05) is 12.5 Å². The molecule has 4 nitrogen and oxygen atoms in total. The van der Waals surface area contributed by atoms with Crippen molar-refractivity contribution in [3.63, 3.8) is 0 Å². The number of halogens is 2. The van der Waals surface area contributed by atoms with E-state index >= 15 is 0 Å². The van der Waals surface area contributed by atoms with Gasteiger partial charge in [0, 0.05) is 30.4 Å². The summed E-state index contributed by atoms with van der Waals surface area (Å²) in [5, 5.41) is 0. The van der Waals surface area contributed by atoms with Crippen molar-refractivity contribution in [2.24, 2.45) is 0 Å². The lowest BCUT2D eigenvalue weighted by Gasteiger charge is -2.40. The van der Waals surface area contributed by atoms with Crippen LogP contribution in [0.25, 0.3) is 0 Å². The fraction of sp³-hybridized carbons (Fsp3) is 0.611. The molecule has 24 heavy (non-hydrogen) atoms. The van der Waals surface area contributed by atoms with E-state index in [-0.39, 0.29) is 30.7 Å². The molecule has 0 unspecified atom stereocenters. The van der Waals surface area contributed by atoms with Gasteiger partial charge in [-0.05, 0) is 63.4 Å². The Bertz CT molecular complexity index is 539. The van der Waals surface area contributed by atoms with Crippen LogP contribution in [-0.4, -0.2) is 47.9 Å². The summed E-state index contributed by atoms with van der Waals surface area (Å²) in [4.78, 5) is 17.4. The maximum Gasteiger partial charge on any atom is 0.254 e. The minimum Gasteiger partial charge on any atom is -0.399 e. The Labute approximate surface area is 157 Å². The lowest BCUT2D eigenvalue weighted by molar-refractivity contribution is 0.0589. The van der Waals surface area contributed by atoms with Crippen LogP contribution in [0.2, 0.25) is 0 Å². The van der Waals surface area contributed by atoms with Gasteiger partial charge in [-0.15, -0.1) is 24.8 Å². The number of anilines is 1. The molecule has 3 rings (SSSR count). The number of hydrogen-bond acceptors (Lipinski definition) is 3. The van der Waals surface area contributed by atoms with Gasteiger partial charge in [0.05, 0.1) is 0 Å². The molecule has 1 aromatic carbocycles. The average Bonchev–Trinajstić information content (AvgIpc) is 2.57. The number of nitrogens with zero attached hydrogens (tertiary/aromatic N) is 2. The molecule has 2 aliphatic heterocycles. The van der Waals surface area contributed by atoms with Crippen molar-refractivity contribution in [1.82, 2.24) is 9.80 Å². The van der Waals surface area contributed by atoms with E-state index in [1.807, 2.05) is 30.0 Å². The monoisotopic (exact) mass is 373 g/mol. The van der Waals surface area contributed by atoms with Crippen molar-refractivity contribution >= 4 is 36.4 Å². The zero-order chi connectivity index (χ0) is 15.5. The molecule has 2 fully saturated rings. The van der Waals surface area contributed by atoms with E-state index in [4.69, 9.17) is 5.73 Å². The SMILES string of the molecule is Cc1ccc(N)cc1C(=O)N1CCC(N2CCCCC2)CC1.Cl.Cl. The van der Waals surface area contributed by atoms with Gasteiger partial charge < -0.3 is 15.5 Å². The summed E-state index contributed by atoms with van der Waals surface area (Å²) in [5.74, 6) is 0.141. The predicted octanol–water partition coefficient (Wildman–Crippen LogP) is 3.51. The number of piperidine rings is 2. The van der Waals surface area contributed by atoms with Crippen LogP contribution in [0.5, 0.6) is 0 Å². The predicted molar refractivity (Wildman–Crippen MR) is 104 cm³/mol. The van der Waals surface area contributed by atoms with Gasteiger partial charge in [-0.25, -0.2) is 0 Å². The standard InChI is InChI=1S/C18H27N3O.2ClH/c1-14-5-6-15(19)13-17(14)18(22)21-11-7-16(8-12-21)20-9-3-2-4-10-20;;/h5-6,13,16H,2-4,7-12,19H2,1H3;2*1H. The summed E-state index contributed by atoms with van der Waals surface area (Å²) in [5.41, 5.74) is 8.27. The fourth-order valence-electron chi connectivity index (χ4n) is 3.76. The first kappa shape index (κ1) is 21.1. The quantitative estimate of drug-likeness (QED) is 0.806. The van der Waals surface area contributed by atoms with Crippen LogP contribution >= 0.6 is 24.8 Å². The minimum atomic E-state index is 0. The normalized spacial score (nSPS) is 19.3. The van der Waals surface area contributed by atoms with E-state index in [0.717, 1.165) is 37.1 Å². The van der Waals surface area contributed by atoms with Gasteiger partial charge in [0.2, 0.25) is 0 Å². The second-order valence-electron chi connectivity index (χ2n) is 6.69. The fourth-order valence-corrected chi connectivity index (χ4v) is 3.76. The molecule has 0 saturated carbocycles. The first-order valence-corrected chi connectivity index (χ1v) is 8.54. The van der Waals surface area contributed by atoms with Gasteiger partial charge in [-0.2, -0.15) is 0 Å². The maximum atomic E-state index is 12.7. The van der Waals surface area contributed by atoms with E-state index in [1.165, 1.54) is 32.4 Å². The molecule has 0 radical (unpaired) electrons. The molecule has 2 N–H and O–H groups in total. The van der Waals surface area contributed by atoms with Crippen molar-refractivity contribution in [3.8, 4) is 0 Å². The lowest BCUT2D eigenvalue weighted by atomic mass is 9.98. The summed E-state index contributed by atoms with van der Waals surface area (Å²) in [6.07, 6.45) is 6.26. The van der Waals surface area contributed by atoms with E-state index in [0.29, 0.717) is 11.7 Å². The van der Waals surface area contributed by atoms with Crippen LogP contribution in [0.1, 0.15) is 48.0 Å². The van der Waals surface area contributed by atoms with Gasteiger partial charge in [-0.3, -0.25) is 4.79 Å².